The monoisotopic (exact) mass is 494 g/mol. The maximum Gasteiger partial charge on any atom is 0.410 e. The van der Waals surface area contributed by atoms with Crippen molar-refractivity contribution in [1.82, 2.24) is 4.90 Å². The van der Waals surface area contributed by atoms with Crippen LogP contribution in [0.2, 0.25) is 23.2 Å². The molecule has 1 saturated heterocycles. The summed E-state index contributed by atoms with van der Waals surface area (Å²) in [6, 6.07) is 5.34. The fraction of sp³-hybridized carbons (Fsp3) is 0.667. The van der Waals surface area contributed by atoms with Crippen molar-refractivity contribution in [1.29, 1.82) is 5.26 Å². The molecule has 7 nitrogen and oxygen atoms in total. The number of halogens is 1. The topological polar surface area (TPSA) is 91.8 Å². The van der Waals surface area contributed by atoms with Gasteiger partial charge in [-0.25, -0.2) is 4.79 Å². The summed E-state index contributed by atoms with van der Waals surface area (Å²) in [4.78, 5) is 16.8. The molecule has 1 fully saturated rings. The number of carbonyl (C=O) groups excluding carboxylic acids is 1. The Kier molecular flexibility index (Phi) is 8.05. The Bertz CT molecular complexity index is 918. The molecule has 0 unspecified atom stereocenters. The van der Waals surface area contributed by atoms with Gasteiger partial charge in [-0.15, -0.1) is 0 Å². The van der Waals surface area contributed by atoms with E-state index in [-0.39, 0.29) is 23.3 Å². The summed E-state index contributed by atoms with van der Waals surface area (Å²) >= 11 is 6.56. The van der Waals surface area contributed by atoms with E-state index in [1.54, 1.807) is 12.1 Å². The smallest absolute Gasteiger partial charge is 0.410 e. The number of nitrogens with zero attached hydrogens (tertiary/aromatic N) is 3. The minimum absolute atomic E-state index is 0.000449. The summed E-state index contributed by atoms with van der Waals surface area (Å²) in [5.74, 6) is 0. The van der Waals surface area contributed by atoms with E-state index in [4.69, 9.17) is 26.5 Å². The number of hydrogen-bond donors (Lipinski definition) is 1. The molecule has 1 aliphatic heterocycles. The van der Waals surface area contributed by atoms with E-state index in [1.165, 1.54) is 7.11 Å². The molecule has 0 aliphatic carbocycles. The summed E-state index contributed by atoms with van der Waals surface area (Å²) in [6.07, 6.45) is 0.0399. The summed E-state index contributed by atoms with van der Waals surface area (Å²) in [7, 11) is -0.760. The highest BCUT2D eigenvalue weighted by Crippen LogP contribution is 2.41. The van der Waals surface area contributed by atoms with Crippen LogP contribution in [0.1, 0.15) is 53.5 Å². The predicted molar refractivity (Wildman–Crippen MR) is 137 cm³/mol. The SMILES string of the molecule is COC(=O)N([C@@H]1CCN(c2cc(C#N)cc(N)c2Cl)C[C@H]1O[Si](C)(C)C(C)(C)C)C(C)(C)C. The van der Waals surface area contributed by atoms with Crippen molar-refractivity contribution in [3.8, 4) is 6.07 Å². The average molecular weight is 495 g/mol. The van der Waals surface area contributed by atoms with Gasteiger partial charge in [-0.05, 0) is 57.5 Å². The van der Waals surface area contributed by atoms with Crippen LogP contribution < -0.4 is 10.6 Å². The standard InChI is InChI=1S/C24H39ClN4O3Si/c1-23(2,3)29(22(30)31-7)18-10-11-28(15-20(18)32-33(8,9)24(4,5)6)19-13-16(14-26)12-17(27)21(19)25/h12-13,18,20H,10-11,15,27H2,1-9H3/t18-,20-/m1/s1. The Morgan fingerprint density at radius 1 is 1.27 bits per heavy atom. The second kappa shape index (κ2) is 9.73. The van der Waals surface area contributed by atoms with Gasteiger partial charge >= 0.3 is 6.09 Å². The number of nitrogens with two attached hydrogens (primary N) is 1. The first kappa shape index (κ1) is 27.3. The van der Waals surface area contributed by atoms with Gasteiger partial charge in [0.1, 0.15) is 0 Å². The number of carbonyl (C=O) groups is 1. The maximum absolute atomic E-state index is 12.9. The van der Waals surface area contributed by atoms with E-state index >= 15 is 0 Å². The number of piperidine rings is 1. The van der Waals surface area contributed by atoms with Crippen LogP contribution in [0, 0.1) is 11.3 Å². The number of nitrogen functional groups attached to an aromatic ring is 1. The van der Waals surface area contributed by atoms with Crippen LogP contribution in [-0.2, 0) is 9.16 Å². The number of benzene rings is 1. The van der Waals surface area contributed by atoms with Gasteiger partial charge in [-0.3, -0.25) is 4.90 Å². The number of anilines is 2. The first-order valence-electron chi connectivity index (χ1n) is 11.3. The molecule has 0 radical (unpaired) electrons. The molecular weight excluding hydrogens is 456 g/mol. The normalized spacial score (nSPS) is 19.7. The molecule has 2 rings (SSSR count). The van der Waals surface area contributed by atoms with Crippen molar-refractivity contribution in [3.05, 3.63) is 22.7 Å². The third kappa shape index (κ3) is 5.95. The van der Waals surface area contributed by atoms with Gasteiger partial charge in [-0.2, -0.15) is 5.26 Å². The summed E-state index contributed by atoms with van der Waals surface area (Å²) in [5, 5.41) is 9.85. The average Bonchev–Trinajstić information content (AvgIpc) is 2.68. The van der Waals surface area contributed by atoms with Crippen molar-refractivity contribution < 1.29 is 14.0 Å². The highest BCUT2D eigenvalue weighted by Gasteiger charge is 2.47. The number of nitriles is 1. The molecule has 1 heterocycles. The van der Waals surface area contributed by atoms with Gasteiger partial charge in [0.2, 0.25) is 0 Å². The zero-order chi connectivity index (χ0) is 25.4. The zero-order valence-corrected chi connectivity index (χ0v) is 23.2. The van der Waals surface area contributed by atoms with E-state index in [0.29, 0.717) is 35.8 Å². The Balaban J connectivity index is 2.52. The van der Waals surface area contributed by atoms with Gasteiger partial charge < -0.3 is 19.8 Å². The van der Waals surface area contributed by atoms with E-state index in [0.717, 1.165) is 5.69 Å². The van der Waals surface area contributed by atoms with Crippen LogP contribution in [0.4, 0.5) is 16.2 Å². The van der Waals surface area contributed by atoms with Crippen molar-refractivity contribution >= 4 is 37.4 Å². The Labute approximate surface area is 204 Å². The summed E-state index contributed by atoms with van der Waals surface area (Å²) in [5.41, 5.74) is 7.19. The molecule has 9 heteroatoms. The van der Waals surface area contributed by atoms with Crippen LogP contribution >= 0.6 is 11.6 Å². The number of methoxy groups -OCH3 is 1. The number of amides is 1. The minimum Gasteiger partial charge on any atom is -0.453 e. The highest BCUT2D eigenvalue weighted by molar-refractivity contribution is 6.74. The lowest BCUT2D eigenvalue weighted by molar-refractivity contribution is -0.00172. The second-order valence-corrected chi connectivity index (χ2v) is 16.4. The predicted octanol–water partition coefficient (Wildman–Crippen LogP) is 5.63. The quantitative estimate of drug-likeness (QED) is 0.430. The van der Waals surface area contributed by atoms with Gasteiger partial charge in [0.25, 0.3) is 0 Å². The Morgan fingerprint density at radius 3 is 2.36 bits per heavy atom. The fourth-order valence-corrected chi connectivity index (χ4v) is 5.59. The van der Waals surface area contributed by atoms with Gasteiger partial charge in [0, 0.05) is 18.6 Å². The van der Waals surface area contributed by atoms with E-state index in [9.17, 15) is 10.1 Å². The molecule has 1 aromatic rings. The molecule has 33 heavy (non-hydrogen) atoms. The Hall–Kier alpha value is -1.95. The second-order valence-electron chi connectivity index (χ2n) is 11.2. The molecule has 1 aliphatic rings. The first-order valence-corrected chi connectivity index (χ1v) is 14.6. The van der Waals surface area contributed by atoms with E-state index in [2.05, 4.69) is 44.8 Å². The maximum atomic E-state index is 12.9. The lowest BCUT2D eigenvalue weighted by Gasteiger charge is -2.51. The molecule has 184 valence electrons. The van der Waals surface area contributed by atoms with Gasteiger partial charge in [0.05, 0.1) is 47.3 Å². The molecule has 0 aromatic heterocycles. The third-order valence-corrected chi connectivity index (χ3v) is 11.7. The molecule has 1 aromatic carbocycles. The van der Waals surface area contributed by atoms with Crippen molar-refractivity contribution in [2.24, 2.45) is 0 Å². The summed E-state index contributed by atoms with van der Waals surface area (Å²) in [6.45, 7) is 18.2. The molecule has 0 spiro atoms. The molecule has 2 atom stereocenters. The minimum atomic E-state index is -2.17. The summed E-state index contributed by atoms with van der Waals surface area (Å²) < 4.78 is 12.1. The van der Waals surface area contributed by atoms with Gasteiger partial charge in [0.15, 0.2) is 8.32 Å². The third-order valence-electron chi connectivity index (χ3n) is 6.75. The van der Waals surface area contributed by atoms with Crippen molar-refractivity contribution in [3.63, 3.8) is 0 Å². The molecular formula is C24H39ClN4O3Si. The number of hydrogen-bond acceptors (Lipinski definition) is 6. The van der Waals surface area contributed by atoms with Crippen LogP contribution in [0.5, 0.6) is 0 Å². The lowest BCUT2D eigenvalue weighted by Crippen LogP contribution is -2.63. The van der Waals surface area contributed by atoms with Crippen LogP contribution in [0.3, 0.4) is 0 Å². The van der Waals surface area contributed by atoms with Crippen LogP contribution in [0.25, 0.3) is 0 Å². The number of rotatable bonds is 4. The molecule has 0 saturated carbocycles. The zero-order valence-electron chi connectivity index (χ0n) is 21.5. The van der Waals surface area contributed by atoms with Crippen LogP contribution in [-0.4, -0.2) is 57.2 Å². The lowest BCUT2D eigenvalue weighted by atomic mass is 9.94. The van der Waals surface area contributed by atoms with Crippen LogP contribution in [0.15, 0.2) is 12.1 Å². The van der Waals surface area contributed by atoms with Crippen molar-refractivity contribution in [2.45, 2.75) is 83.8 Å². The Morgan fingerprint density at radius 2 is 1.88 bits per heavy atom. The van der Waals surface area contributed by atoms with E-state index in [1.807, 2.05) is 25.7 Å². The largest absolute Gasteiger partial charge is 0.453 e. The highest BCUT2D eigenvalue weighted by atomic mass is 35.5. The molecule has 1 amide bonds. The van der Waals surface area contributed by atoms with E-state index < -0.39 is 13.9 Å². The van der Waals surface area contributed by atoms with Gasteiger partial charge in [-0.1, -0.05) is 32.4 Å². The molecule has 0 bridgehead atoms. The first-order chi connectivity index (χ1) is 15.0. The molecule has 2 N–H and O–H groups in total. The fourth-order valence-electron chi connectivity index (χ4n) is 4.02. The van der Waals surface area contributed by atoms with Crippen molar-refractivity contribution in [2.75, 3.05) is 30.8 Å². The number of ether oxygens (including phenoxy) is 1.